The number of hydrogen-bond acceptors (Lipinski definition) is 3. The van der Waals surface area contributed by atoms with E-state index in [0.717, 1.165) is 30.7 Å². The SMILES string of the molecule is CC(C)Oc1ccccc1C1(O)CC2CCCC(C1)N2Cc1ccccc1. The highest BCUT2D eigenvalue weighted by Crippen LogP contribution is 2.47. The van der Waals surface area contributed by atoms with Crippen LogP contribution in [-0.2, 0) is 12.1 Å². The summed E-state index contributed by atoms with van der Waals surface area (Å²) in [6.45, 7) is 5.06. The van der Waals surface area contributed by atoms with Gasteiger partial charge in [-0.2, -0.15) is 0 Å². The smallest absolute Gasteiger partial charge is 0.125 e. The van der Waals surface area contributed by atoms with Crippen LogP contribution < -0.4 is 4.74 Å². The lowest BCUT2D eigenvalue weighted by molar-refractivity contribution is -0.101. The predicted molar refractivity (Wildman–Crippen MR) is 109 cm³/mol. The quantitative estimate of drug-likeness (QED) is 0.820. The number of fused-ring (bicyclic) bond motifs is 2. The van der Waals surface area contributed by atoms with Crippen molar-refractivity contribution in [3.05, 3.63) is 65.7 Å². The molecule has 0 radical (unpaired) electrons. The Morgan fingerprint density at radius 2 is 1.63 bits per heavy atom. The summed E-state index contributed by atoms with van der Waals surface area (Å²) in [6.07, 6.45) is 5.27. The van der Waals surface area contributed by atoms with E-state index in [9.17, 15) is 5.11 Å². The zero-order valence-electron chi connectivity index (χ0n) is 16.5. The second-order valence-electron chi connectivity index (χ2n) is 8.50. The summed E-state index contributed by atoms with van der Waals surface area (Å²) in [4.78, 5) is 2.64. The molecule has 0 aliphatic carbocycles. The van der Waals surface area contributed by atoms with Crippen LogP contribution in [0.1, 0.15) is 57.1 Å². The Hall–Kier alpha value is -1.84. The molecule has 1 N–H and O–H groups in total. The first-order valence-electron chi connectivity index (χ1n) is 10.3. The molecule has 0 spiro atoms. The molecule has 0 amide bonds. The minimum Gasteiger partial charge on any atom is -0.491 e. The van der Waals surface area contributed by atoms with E-state index in [0.29, 0.717) is 12.1 Å². The summed E-state index contributed by atoms with van der Waals surface area (Å²) in [5, 5.41) is 11.7. The lowest BCUT2D eigenvalue weighted by Gasteiger charge is -2.52. The van der Waals surface area contributed by atoms with Gasteiger partial charge in [0.1, 0.15) is 5.75 Å². The Balaban J connectivity index is 1.59. The highest BCUT2D eigenvalue weighted by molar-refractivity contribution is 5.39. The predicted octanol–water partition coefficient (Wildman–Crippen LogP) is 4.88. The van der Waals surface area contributed by atoms with Crippen molar-refractivity contribution in [2.75, 3.05) is 0 Å². The molecule has 4 rings (SSSR count). The number of rotatable bonds is 5. The van der Waals surface area contributed by atoms with Crippen LogP contribution in [-0.4, -0.2) is 28.2 Å². The van der Waals surface area contributed by atoms with Crippen molar-refractivity contribution < 1.29 is 9.84 Å². The Kier molecular flexibility index (Phi) is 5.25. The minimum atomic E-state index is -0.797. The van der Waals surface area contributed by atoms with E-state index in [-0.39, 0.29) is 6.10 Å². The maximum Gasteiger partial charge on any atom is 0.125 e. The zero-order chi connectivity index (χ0) is 18.9. The normalized spacial score (nSPS) is 28.3. The maximum atomic E-state index is 11.7. The van der Waals surface area contributed by atoms with Crippen molar-refractivity contribution in [1.82, 2.24) is 4.90 Å². The summed E-state index contributed by atoms with van der Waals surface area (Å²) >= 11 is 0. The Morgan fingerprint density at radius 3 is 2.30 bits per heavy atom. The van der Waals surface area contributed by atoms with Gasteiger partial charge < -0.3 is 9.84 Å². The van der Waals surface area contributed by atoms with Gasteiger partial charge in [-0.15, -0.1) is 0 Å². The number of para-hydroxylation sites is 1. The molecule has 2 atom stereocenters. The molecule has 2 heterocycles. The summed E-state index contributed by atoms with van der Waals surface area (Å²) in [6, 6.07) is 19.7. The molecule has 0 saturated carbocycles. The van der Waals surface area contributed by atoms with E-state index >= 15 is 0 Å². The van der Waals surface area contributed by atoms with Crippen molar-refractivity contribution >= 4 is 0 Å². The fourth-order valence-corrected chi connectivity index (χ4v) is 5.00. The van der Waals surface area contributed by atoms with Crippen molar-refractivity contribution in [1.29, 1.82) is 0 Å². The monoisotopic (exact) mass is 365 g/mol. The third kappa shape index (κ3) is 3.90. The van der Waals surface area contributed by atoms with Crippen LogP contribution in [0.15, 0.2) is 54.6 Å². The Labute approximate surface area is 163 Å². The topological polar surface area (TPSA) is 32.7 Å². The number of aliphatic hydroxyl groups is 1. The molecule has 2 aliphatic rings. The fraction of sp³-hybridized carbons (Fsp3) is 0.500. The van der Waals surface area contributed by atoms with Crippen molar-refractivity contribution in [2.45, 2.75) is 76.3 Å². The third-order valence-corrected chi connectivity index (χ3v) is 6.12. The average molecular weight is 366 g/mol. The number of benzene rings is 2. The van der Waals surface area contributed by atoms with E-state index in [4.69, 9.17) is 4.74 Å². The van der Waals surface area contributed by atoms with Gasteiger partial charge in [-0.25, -0.2) is 0 Å². The third-order valence-electron chi connectivity index (χ3n) is 6.12. The van der Waals surface area contributed by atoms with E-state index in [2.05, 4.69) is 41.3 Å². The lowest BCUT2D eigenvalue weighted by Crippen LogP contribution is -2.56. The summed E-state index contributed by atoms with van der Waals surface area (Å²) in [5.74, 6) is 0.838. The molecule has 2 aromatic rings. The summed E-state index contributed by atoms with van der Waals surface area (Å²) in [5.41, 5.74) is 1.53. The van der Waals surface area contributed by atoms with Gasteiger partial charge in [0.05, 0.1) is 11.7 Å². The first kappa shape index (κ1) is 18.5. The molecule has 3 nitrogen and oxygen atoms in total. The number of ether oxygens (including phenoxy) is 1. The Morgan fingerprint density at radius 1 is 1.00 bits per heavy atom. The molecule has 2 fully saturated rings. The second-order valence-corrected chi connectivity index (χ2v) is 8.50. The van der Waals surface area contributed by atoms with Gasteiger partial charge in [0.2, 0.25) is 0 Å². The van der Waals surface area contributed by atoms with Gasteiger partial charge in [-0.3, -0.25) is 4.90 Å². The molecule has 2 unspecified atom stereocenters. The van der Waals surface area contributed by atoms with Gasteiger partial charge in [0.25, 0.3) is 0 Å². The lowest BCUT2D eigenvalue weighted by atomic mass is 9.72. The molecular weight excluding hydrogens is 334 g/mol. The molecule has 3 heteroatoms. The minimum absolute atomic E-state index is 0.104. The van der Waals surface area contributed by atoms with E-state index in [1.807, 2.05) is 32.0 Å². The van der Waals surface area contributed by atoms with Crippen LogP contribution >= 0.6 is 0 Å². The van der Waals surface area contributed by atoms with Crippen molar-refractivity contribution in [3.63, 3.8) is 0 Å². The van der Waals surface area contributed by atoms with Gasteiger partial charge in [-0.1, -0.05) is 55.0 Å². The molecule has 144 valence electrons. The zero-order valence-corrected chi connectivity index (χ0v) is 16.5. The highest BCUT2D eigenvalue weighted by atomic mass is 16.5. The summed E-state index contributed by atoms with van der Waals surface area (Å²) < 4.78 is 6.03. The summed E-state index contributed by atoms with van der Waals surface area (Å²) in [7, 11) is 0. The van der Waals surface area contributed by atoms with Gasteiger partial charge in [-0.05, 0) is 51.2 Å². The van der Waals surface area contributed by atoms with Gasteiger partial charge in [0.15, 0.2) is 0 Å². The second kappa shape index (κ2) is 7.65. The largest absolute Gasteiger partial charge is 0.491 e. The van der Waals surface area contributed by atoms with E-state index in [1.165, 1.54) is 24.8 Å². The van der Waals surface area contributed by atoms with E-state index < -0.39 is 5.60 Å². The molecule has 2 aromatic carbocycles. The van der Waals surface area contributed by atoms with Crippen LogP contribution in [0.3, 0.4) is 0 Å². The molecule has 2 bridgehead atoms. The molecule has 27 heavy (non-hydrogen) atoms. The van der Waals surface area contributed by atoms with Crippen LogP contribution in [0.5, 0.6) is 5.75 Å². The van der Waals surface area contributed by atoms with Crippen LogP contribution in [0.25, 0.3) is 0 Å². The van der Waals surface area contributed by atoms with Gasteiger partial charge >= 0.3 is 0 Å². The van der Waals surface area contributed by atoms with Crippen LogP contribution in [0.4, 0.5) is 0 Å². The van der Waals surface area contributed by atoms with Crippen LogP contribution in [0.2, 0.25) is 0 Å². The first-order chi connectivity index (χ1) is 13.0. The maximum absolute atomic E-state index is 11.7. The van der Waals surface area contributed by atoms with Crippen LogP contribution in [0, 0.1) is 0 Å². The number of hydrogen-bond donors (Lipinski definition) is 1. The molecule has 2 aliphatic heterocycles. The fourth-order valence-electron chi connectivity index (χ4n) is 5.00. The number of piperidine rings is 2. The molecule has 0 aromatic heterocycles. The average Bonchev–Trinajstić information content (AvgIpc) is 2.63. The number of nitrogens with zero attached hydrogens (tertiary/aromatic N) is 1. The molecule has 2 saturated heterocycles. The first-order valence-corrected chi connectivity index (χ1v) is 10.3. The Bertz CT molecular complexity index is 744. The van der Waals surface area contributed by atoms with Crippen molar-refractivity contribution in [3.8, 4) is 5.75 Å². The van der Waals surface area contributed by atoms with E-state index in [1.54, 1.807) is 0 Å². The van der Waals surface area contributed by atoms with Crippen molar-refractivity contribution in [2.24, 2.45) is 0 Å². The van der Waals surface area contributed by atoms with Gasteiger partial charge in [0, 0.05) is 24.2 Å². The molecular formula is C24H31NO2. The highest BCUT2D eigenvalue weighted by Gasteiger charge is 2.47. The standard InChI is InChI=1S/C24H31NO2/c1-18(2)27-23-14-7-6-13-22(23)24(26)15-20-11-8-12-21(16-24)25(20)17-19-9-4-3-5-10-19/h3-7,9-10,13-14,18,20-21,26H,8,11-12,15-17H2,1-2H3.